The van der Waals surface area contributed by atoms with E-state index in [4.69, 9.17) is 33.0 Å². The number of hydrogen-bond acceptors (Lipinski definition) is 9. The molecular weight excluding hydrogens is 480 g/mol. The van der Waals surface area contributed by atoms with Crippen LogP contribution in [0.5, 0.6) is 0 Å². The lowest BCUT2D eigenvalue weighted by atomic mass is 9.73. The number of anilines is 2. The van der Waals surface area contributed by atoms with Crippen molar-refractivity contribution in [3.8, 4) is 0 Å². The van der Waals surface area contributed by atoms with Crippen molar-refractivity contribution in [1.82, 2.24) is 15.0 Å². The van der Waals surface area contributed by atoms with Crippen LogP contribution in [0, 0.1) is 5.41 Å². The van der Waals surface area contributed by atoms with Gasteiger partial charge in [0.25, 0.3) is 0 Å². The van der Waals surface area contributed by atoms with Crippen LogP contribution in [0.15, 0.2) is 45.8 Å². The van der Waals surface area contributed by atoms with Gasteiger partial charge in [0.15, 0.2) is 19.1 Å². The maximum absolute atomic E-state index is 6.72. The van der Waals surface area contributed by atoms with E-state index in [1.54, 1.807) is 28.9 Å². The first kappa shape index (κ1) is 20.7. The van der Waals surface area contributed by atoms with Gasteiger partial charge in [0.1, 0.15) is 5.82 Å². The van der Waals surface area contributed by atoms with Crippen molar-refractivity contribution >= 4 is 66.6 Å². The molecule has 0 amide bonds. The van der Waals surface area contributed by atoms with Crippen LogP contribution < -0.4 is 16.4 Å². The Morgan fingerprint density at radius 1 is 1.09 bits per heavy atom. The highest BCUT2D eigenvalue weighted by Crippen LogP contribution is 2.51. The van der Waals surface area contributed by atoms with E-state index in [2.05, 4.69) is 34.1 Å². The molecule has 0 saturated carbocycles. The van der Waals surface area contributed by atoms with E-state index >= 15 is 0 Å². The van der Waals surface area contributed by atoms with Gasteiger partial charge in [0.05, 0.1) is 5.02 Å². The second kappa shape index (κ2) is 7.85. The van der Waals surface area contributed by atoms with Gasteiger partial charge in [-0.2, -0.15) is 0 Å². The summed E-state index contributed by atoms with van der Waals surface area (Å²) >= 11 is 11.0. The first-order valence-corrected chi connectivity index (χ1v) is 13.3. The minimum absolute atomic E-state index is 0.135. The lowest BCUT2D eigenvalue weighted by Crippen LogP contribution is -2.44. The Morgan fingerprint density at radius 3 is 2.66 bits per heavy atom. The molecule has 0 radical (unpaired) electrons. The Hall–Kier alpha value is -1.91. The molecule has 10 heteroatoms. The van der Waals surface area contributed by atoms with Gasteiger partial charge in [-0.1, -0.05) is 70.3 Å². The molecule has 6 rings (SSSR count). The van der Waals surface area contributed by atoms with E-state index < -0.39 is 0 Å². The van der Waals surface area contributed by atoms with Gasteiger partial charge in [0, 0.05) is 30.2 Å². The van der Waals surface area contributed by atoms with Crippen LogP contribution in [0.2, 0.25) is 5.02 Å². The molecule has 1 atom stereocenters. The molecule has 1 aliphatic heterocycles. The summed E-state index contributed by atoms with van der Waals surface area (Å²) in [5, 5.41) is 1.53. The largest absolute Gasteiger partial charge is 0.382 e. The predicted octanol–water partition coefficient (Wildman–Crippen LogP) is 5.38. The molecule has 1 aliphatic carbocycles. The van der Waals surface area contributed by atoms with Crippen LogP contribution in [-0.2, 0) is 6.42 Å². The fourth-order valence-corrected chi connectivity index (χ4v) is 8.29. The molecule has 2 aliphatic rings. The molecule has 1 aromatic carbocycles. The van der Waals surface area contributed by atoms with Crippen LogP contribution >= 0.6 is 46.0 Å². The average molecular weight is 501 g/mol. The zero-order chi connectivity index (χ0) is 21.9. The van der Waals surface area contributed by atoms with Crippen LogP contribution in [0.1, 0.15) is 30.0 Å². The topological polar surface area (TPSA) is 94.0 Å². The first-order valence-electron chi connectivity index (χ1n) is 10.5. The minimum atomic E-state index is 0.135. The van der Waals surface area contributed by atoms with Crippen molar-refractivity contribution in [3.63, 3.8) is 0 Å². The number of nitrogen functional groups attached to an aromatic ring is 1. The minimum Gasteiger partial charge on any atom is -0.382 e. The fourth-order valence-electron chi connectivity index (χ4n) is 4.86. The smallest absolute Gasteiger partial charge is 0.188 e. The second-order valence-corrected chi connectivity index (χ2v) is 12.0. The molecule has 1 spiro atoms. The molecule has 6 nitrogen and oxygen atoms in total. The molecule has 164 valence electrons. The molecule has 4 N–H and O–H groups in total. The Bertz CT molecular complexity index is 1280. The molecule has 0 unspecified atom stereocenters. The van der Waals surface area contributed by atoms with Crippen molar-refractivity contribution < 1.29 is 0 Å². The Morgan fingerprint density at radius 2 is 1.88 bits per heavy atom. The highest BCUT2D eigenvalue weighted by molar-refractivity contribution is 8.01. The van der Waals surface area contributed by atoms with Crippen LogP contribution in [-0.4, -0.2) is 28.0 Å². The monoisotopic (exact) mass is 500 g/mol. The number of thiazole rings is 2. The Labute approximate surface area is 203 Å². The molecule has 1 fully saturated rings. The maximum atomic E-state index is 6.72. The standard InChI is InChI=1S/C22H21ClN6S3/c23-15-14(5-8-26-17(15)25)30-21-28-19-18(32-21)27-20(31-19)29-9-6-22(7-10-29)11-12-3-1-2-4-13(12)16(22)24/h1-5,8,16H,6-7,9-11,24H2,(H2,25,26)/t16-/m1/s1. The van der Waals surface area contributed by atoms with Crippen molar-refractivity contribution in [2.75, 3.05) is 23.7 Å². The quantitative estimate of drug-likeness (QED) is 0.390. The molecule has 0 bridgehead atoms. The summed E-state index contributed by atoms with van der Waals surface area (Å²) in [5.74, 6) is 0.336. The number of fused-ring (bicyclic) bond motifs is 2. The SMILES string of the molecule is Nc1nccc(Sc2nc3sc(N4CCC5(CC4)Cc4ccccc4[C@H]5N)nc3s2)c1Cl. The second-order valence-electron chi connectivity index (χ2n) is 8.40. The van der Waals surface area contributed by atoms with Crippen LogP contribution in [0.25, 0.3) is 9.66 Å². The summed E-state index contributed by atoms with van der Waals surface area (Å²) in [7, 11) is 0. The molecule has 4 aromatic rings. The molecule has 3 aromatic heterocycles. The van der Waals surface area contributed by atoms with Crippen molar-refractivity contribution in [3.05, 3.63) is 52.7 Å². The number of aromatic nitrogens is 3. The summed E-state index contributed by atoms with van der Waals surface area (Å²) in [4.78, 5) is 18.9. The van der Waals surface area contributed by atoms with Crippen molar-refractivity contribution in [2.24, 2.45) is 11.1 Å². The van der Waals surface area contributed by atoms with Gasteiger partial charge in [-0.05, 0) is 41.9 Å². The normalized spacial score (nSPS) is 19.7. The fraction of sp³-hybridized carbons (Fsp3) is 0.318. The predicted molar refractivity (Wildman–Crippen MR) is 134 cm³/mol. The van der Waals surface area contributed by atoms with Gasteiger partial charge < -0.3 is 16.4 Å². The number of pyridine rings is 1. The van der Waals surface area contributed by atoms with Gasteiger partial charge >= 0.3 is 0 Å². The van der Waals surface area contributed by atoms with E-state index in [9.17, 15) is 0 Å². The number of piperidine rings is 1. The molecule has 1 saturated heterocycles. The zero-order valence-electron chi connectivity index (χ0n) is 17.1. The Kier molecular flexibility index (Phi) is 5.07. The third-order valence-electron chi connectivity index (χ3n) is 6.65. The molecule has 32 heavy (non-hydrogen) atoms. The number of halogens is 1. The van der Waals surface area contributed by atoms with E-state index in [-0.39, 0.29) is 11.5 Å². The maximum Gasteiger partial charge on any atom is 0.188 e. The number of hydrogen-bond donors (Lipinski definition) is 2. The van der Waals surface area contributed by atoms with Gasteiger partial charge in [0.2, 0.25) is 0 Å². The van der Waals surface area contributed by atoms with Gasteiger partial charge in [-0.3, -0.25) is 0 Å². The summed E-state index contributed by atoms with van der Waals surface area (Å²) < 4.78 is 0.907. The lowest BCUT2D eigenvalue weighted by Gasteiger charge is -2.42. The number of nitrogens with zero attached hydrogens (tertiary/aromatic N) is 4. The molecular formula is C22H21ClN6S3. The third-order valence-corrected chi connectivity index (χ3v) is 10.4. The summed E-state index contributed by atoms with van der Waals surface area (Å²) in [6.07, 6.45) is 4.93. The van der Waals surface area contributed by atoms with Crippen LogP contribution in [0.4, 0.5) is 10.9 Å². The highest BCUT2D eigenvalue weighted by Gasteiger charge is 2.46. The van der Waals surface area contributed by atoms with E-state index in [1.807, 2.05) is 6.07 Å². The first-order chi connectivity index (χ1) is 15.5. The van der Waals surface area contributed by atoms with E-state index in [0.717, 1.165) is 56.4 Å². The van der Waals surface area contributed by atoms with Gasteiger partial charge in [-0.25, -0.2) is 15.0 Å². The number of rotatable bonds is 3. The van der Waals surface area contributed by atoms with Crippen molar-refractivity contribution in [1.29, 1.82) is 0 Å². The number of benzene rings is 1. The zero-order valence-corrected chi connectivity index (χ0v) is 20.3. The lowest BCUT2D eigenvalue weighted by molar-refractivity contribution is 0.187. The van der Waals surface area contributed by atoms with E-state index in [1.165, 1.54) is 22.9 Å². The van der Waals surface area contributed by atoms with Crippen LogP contribution in [0.3, 0.4) is 0 Å². The number of nitrogens with two attached hydrogens (primary N) is 2. The summed E-state index contributed by atoms with van der Waals surface area (Å²) in [5.41, 5.74) is 15.5. The van der Waals surface area contributed by atoms with E-state index in [0.29, 0.717) is 10.8 Å². The summed E-state index contributed by atoms with van der Waals surface area (Å²) in [6.45, 7) is 1.96. The molecule has 4 heterocycles. The highest BCUT2D eigenvalue weighted by atomic mass is 35.5. The average Bonchev–Trinajstić information content (AvgIpc) is 3.43. The summed E-state index contributed by atoms with van der Waals surface area (Å²) in [6, 6.07) is 10.7. The Balaban J connectivity index is 1.17. The van der Waals surface area contributed by atoms with Crippen molar-refractivity contribution in [2.45, 2.75) is 34.5 Å². The third kappa shape index (κ3) is 3.38. The van der Waals surface area contributed by atoms with Gasteiger partial charge in [-0.15, -0.1) is 0 Å².